The van der Waals surface area contributed by atoms with Gasteiger partial charge >= 0.3 is 0 Å². The lowest BCUT2D eigenvalue weighted by Gasteiger charge is -2.08. The highest BCUT2D eigenvalue weighted by atomic mass is 35.5. The van der Waals surface area contributed by atoms with Crippen molar-refractivity contribution in [2.45, 2.75) is 6.92 Å². The Morgan fingerprint density at radius 2 is 2.00 bits per heavy atom. The lowest BCUT2D eigenvalue weighted by Crippen LogP contribution is -2.15. The minimum Gasteiger partial charge on any atom is -0.306 e. The number of nitrogens with zero attached hydrogens (tertiary/aromatic N) is 3. The summed E-state index contributed by atoms with van der Waals surface area (Å²) in [6.45, 7) is 1.88. The van der Waals surface area contributed by atoms with Crippen molar-refractivity contribution in [2.24, 2.45) is 0 Å². The molecule has 4 rings (SSSR count). The molecule has 1 N–H and O–H groups in total. The van der Waals surface area contributed by atoms with Crippen molar-refractivity contribution >= 4 is 46.0 Å². The molecule has 0 saturated carbocycles. The van der Waals surface area contributed by atoms with Crippen LogP contribution in [0.15, 0.2) is 53.4 Å². The fourth-order valence-corrected chi connectivity index (χ4v) is 4.24. The molecule has 1 aromatic carbocycles. The summed E-state index contributed by atoms with van der Waals surface area (Å²) in [5.74, 6) is 1.11. The number of hydrogen-bond acceptors (Lipinski definition) is 5. The van der Waals surface area contributed by atoms with Crippen molar-refractivity contribution in [2.75, 3.05) is 5.32 Å². The minimum absolute atomic E-state index is 0.224. The first-order valence-corrected chi connectivity index (χ1v) is 9.86. The number of benzene rings is 1. The number of rotatable bonds is 4. The number of anilines is 1. The Kier molecular flexibility index (Phi) is 4.58. The molecule has 1 amide bonds. The van der Waals surface area contributed by atoms with Crippen LogP contribution in [0.25, 0.3) is 15.7 Å². The van der Waals surface area contributed by atoms with Crippen molar-refractivity contribution in [3.63, 3.8) is 0 Å². The summed E-state index contributed by atoms with van der Waals surface area (Å²) < 4.78 is 1.84. The van der Waals surface area contributed by atoms with Crippen LogP contribution in [-0.2, 0) is 0 Å². The van der Waals surface area contributed by atoms with Gasteiger partial charge in [0, 0.05) is 16.0 Å². The van der Waals surface area contributed by atoms with E-state index in [1.165, 1.54) is 11.3 Å². The second-order valence-electron chi connectivity index (χ2n) is 5.48. The van der Waals surface area contributed by atoms with Gasteiger partial charge in [0.1, 0.15) is 11.6 Å². The molecule has 5 nitrogen and oxygen atoms in total. The standard InChI is InChI=1S/C18H13ClN4OS2/c1-11-20-9-16(22-17(24)12-4-6-13(19)7-5-12)23(11)18-21-14(10-26-18)15-3-2-8-25-15/h2-10H,1H3,(H,22,24). The number of halogens is 1. The number of carbonyl (C=O) groups excluding carboxylic acids is 1. The van der Waals surface area contributed by atoms with Gasteiger partial charge < -0.3 is 5.32 Å². The van der Waals surface area contributed by atoms with Crippen LogP contribution < -0.4 is 5.32 Å². The molecule has 0 atom stereocenters. The number of hydrogen-bond donors (Lipinski definition) is 1. The lowest BCUT2D eigenvalue weighted by molar-refractivity contribution is 0.102. The number of imidazole rings is 1. The van der Waals surface area contributed by atoms with E-state index in [1.807, 2.05) is 34.4 Å². The molecule has 26 heavy (non-hydrogen) atoms. The number of amides is 1. The number of thiophene rings is 1. The largest absolute Gasteiger partial charge is 0.306 e. The first kappa shape index (κ1) is 17.0. The van der Waals surface area contributed by atoms with E-state index in [4.69, 9.17) is 16.6 Å². The molecule has 0 aliphatic heterocycles. The Morgan fingerprint density at radius 3 is 2.73 bits per heavy atom. The van der Waals surface area contributed by atoms with E-state index in [1.54, 1.807) is 41.8 Å². The Balaban J connectivity index is 1.63. The first-order chi connectivity index (χ1) is 12.6. The second-order valence-corrected chi connectivity index (χ2v) is 7.70. The average Bonchev–Trinajstić information content (AvgIpc) is 3.36. The Labute approximate surface area is 162 Å². The van der Waals surface area contributed by atoms with Crippen LogP contribution in [0.4, 0.5) is 5.82 Å². The summed E-state index contributed by atoms with van der Waals surface area (Å²) >= 11 is 9.03. The van der Waals surface area contributed by atoms with Crippen molar-refractivity contribution in [3.8, 4) is 15.7 Å². The summed E-state index contributed by atoms with van der Waals surface area (Å²) in [6.07, 6.45) is 1.63. The Morgan fingerprint density at radius 1 is 1.19 bits per heavy atom. The normalized spacial score (nSPS) is 10.8. The Bertz CT molecular complexity index is 1050. The summed E-state index contributed by atoms with van der Waals surface area (Å²) in [4.78, 5) is 22.6. The van der Waals surface area contributed by atoms with Crippen molar-refractivity contribution in [1.29, 1.82) is 0 Å². The molecular formula is C18H13ClN4OS2. The van der Waals surface area contributed by atoms with Crippen LogP contribution in [-0.4, -0.2) is 20.4 Å². The van der Waals surface area contributed by atoms with E-state index in [0.717, 1.165) is 21.5 Å². The van der Waals surface area contributed by atoms with Crippen LogP contribution in [0.2, 0.25) is 5.02 Å². The zero-order chi connectivity index (χ0) is 18.1. The topological polar surface area (TPSA) is 59.8 Å². The molecule has 0 saturated heterocycles. The van der Waals surface area contributed by atoms with Gasteiger partial charge in [0.05, 0.1) is 16.8 Å². The van der Waals surface area contributed by atoms with Crippen LogP contribution in [0, 0.1) is 6.92 Å². The molecule has 0 aliphatic rings. The second kappa shape index (κ2) is 7.03. The summed E-state index contributed by atoms with van der Waals surface area (Å²) in [6, 6.07) is 10.8. The monoisotopic (exact) mass is 400 g/mol. The van der Waals surface area contributed by atoms with Gasteiger partial charge in [-0.2, -0.15) is 0 Å². The molecular weight excluding hydrogens is 388 g/mol. The molecule has 0 spiro atoms. The molecule has 0 unspecified atom stereocenters. The van der Waals surface area contributed by atoms with Gasteiger partial charge in [-0.05, 0) is 42.6 Å². The minimum atomic E-state index is -0.224. The van der Waals surface area contributed by atoms with Crippen molar-refractivity contribution < 1.29 is 4.79 Å². The molecule has 3 heterocycles. The smallest absolute Gasteiger partial charge is 0.256 e. The van der Waals surface area contributed by atoms with Crippen LogP contribution in [0.5, 0.6) is 0 Å². The van der Waals surface area contributed by atoms with E-state index >= 15 is 0 Å². The van der Waals surface area contributed by atoms with E-state index < -0.39 is 0 Å². The molecule has 0 aliphatic carbocycles. The highest BCUT2D eigenvalue weighted by Crippen LogP contribution is 2.30. The fourth-order valence-electron chi connectivity index (χ4n) is 2.47. The van der Waals surface area contributed by atoms with Gasteiger partial charge in [0.15, 0.2) is 5.13 Å². The van der Waals surface area contributed by atoms with Crippen LogP contribution >= 0.6 is 34.3 Å². The molecule has 4 aromatic rings. The lowest BCUT2D eigenvalue weighted by atomic mass is 10.2. The summed E-state index contributed by atoms with van der Waals surface area (Å²) in [5.41, 5.74) is 1.45. The molecule has 0 bridgehead atoms. The van der Waals surface area contributed by atoms with E-state index in [0.29, 0.717) is 16.4 Å². The number of aromatic nitrogens is 3. The third kappa shape index (κ3) is 3.29. The highest BCUT2D eigenvalue weighted by Gasteiger charge is 2.16. The van der Waals surface area contributed by atoms with Crippen LogP contribution in [0.1, 0.15) is 16.2 Å². The van der Waals surface area contributed by atoms with E-state index in [-0.39, 0.29) is 5.91 Å². The Hall–Kier alpha value is -2.48. The molecule has 130 valence electrons. The van der Waals surface area contributed by atoms with Gasteiger partial charge in [0.2, 0.25) is 0 Å². The van der Waals surface area contributed by atoms with Gasteiger partial charge in [-0.15, -0.1) is 22.7 Å². The zero-order valence-electron chi connectivity index (χ0n) is 13.6. The quantitative estimate of drug-likeness (QED) is 0.507. The van der Waals surface area contributed by atoms with E-state index in [9.17, 15) is 4.79 Å². The molecule has 0 fully saturated rings. The maximum atomic E-state index is 12.5. The van der Waals surface area contributed by atoms with Gasteiger partial charge in [-0.25, -0.2) is 9.97 Å². The van der Waals surface area contributed by atoms with Gasteiger partial charge in [-0.1, -0.05) is 17.7 Å². The summed E-state index contributed by atoms with van der Waals surface area (Å²) in [5, 5.41) is 8.27. The maximum absolute atomic E-state index is 12.5. The van der Waals surface area contributed by atoms with Crippen LogP contribution in [0.3, 0.4) is 0 Å². The van der Waals surface area contributed by atoms with Crippen molar-refractivity contribution in [1.82, 2.24) is 14.5 Å². The maximum Gasteiger partial charge on any atom is 0.256 e. The third-order valence-corrected chi connectivity index (χ3v) is 5.71. The number of nitrogens with one attached hydrogen (secondary N) is 1. The highest BCUT2D eigenvalue weighted by molar-refractivity contribution is 7.15. The average molecular weight is 401 g/mol. The molecule has 0 radical (unpaired) electrons. The van der Waals surface area contributed by atoms with E-state index in [2.05, 4.69) is 10.3 Å². The SMILES string of the molecule is Cc1ncc(NC(=O)c2ccc(Cl)cc2)n1-c1nc(-c2cccs2)cs1. The number of aryl methyl sites for hydroxylation is 1. The number of thiazole rings is 1. The molecule has 3 aromatic heterocycles. The summed E-state index contributed by atoms with van der Waals surface area (Å²) in [7, 11) is 0. The van der Waals surface area contributed by atoms with Gasteiger partial charge in [0.25, 0.3) is 5.91 Å². The van der Waals surface area contributed by atoms with Gasteiger partial charge in [-0.3, -0.25) is 9.36 Å². The third-order valence-electron chi connectivity index (χ3n) is 3.74. The number of carbonyl (C=O) groups is 1. The van der Waals surface area contributed by atoms with Crippen molar-refractivity contribution in [3.05, 3.63) is 69.8 Å². The first-order valence-electron chi connectivity index (χ1n) is 7.73. The predicted octanol–water partition coefficient (Wildman–Crippen LogP) is 5.27. The zero-order valence-corrected chi connectivity index (χ0v) is 16.0. The predicted molar refractivity (Wildman–Crippen MR) is 107 cm³/mol. The fraction of sp³-hybridized carbons (Fsp3) is 0.0556. The molecule has 8 heteroatoms.